The van der Waals surface area contributed by atoms with Crippen LogP contribution in [0.3, 0.4) is 0 Å². The molecule has 2 aromatic heterocycles. The normalized spacial score (nSPS) is 10.3. The molecule has 18 heavy (non-hydrogen) atoms. The van der Waals surface area contributed by atoms with Crippen LogP contribution in [0.2, 0.25) is 10.2 Å². The van der Waals surface area contributed by atoms with Gasteiger partial charge in [0.2, 0.25) is 0 Å². The zero-order valence-electron chi connectivity index (χ0n) is 9.23. The first kappa shape index (κ1) is 13.3. The SMILES string of the molecule is O=C(OCCc1cccs1)c1nc(Cl)ccc1Cl. The molecule has 3 nitrogen and oxygen atoms in total. The van der Waals surface area contributed by atoms with E-state index in [1.807, 2.05) is 17.5 Å². The molecule has 0 aromatic carbocycles. The van der Waals surface area contributed by atoms with Gasteiger partial charge in [0.25, 0.3) is 0 Å². The standard InChI is InChI=1S/C12H9Cl2NO2S/c13-9-3-4-10(14)15-11(9)12(16)17-6-5-8-2-1-7-18-8/h1-4,7H,5-6H2. The number of thiophene rings is 1. The van der Waals surface area contributed by atoms with Crippen LogP contribution < -0.4 is 0 Å². The van der Waals surface area contributed by atoms with E-state index in [2.05, 4.69) is 4.98 Å². The minimum Gasteiger partial charge on any atom is -0.461 e. The average Bonchev–Trinajstić information content (AvgIpc) is 2.85. The van der Waals surface area contributed by atoms with Gasteiger partial charge in [-0.1, -0.05) is 29.3 Å². The summed E-state index contributed by atoms with van der Waals surface area (Å²) in [7, 11) is 0. The van der Waals surface area contributed by atoms with Crippen LogP contribution in [-0.4, -0.2) is 17.6 Å². The van der Waals surface area contributed by atoms with Gasteiger partial charge in [0.1, 0.15) is 5.15 Å². The van der Waals surface area contributed by atoms with Crippen LogP contribution in [-0.2, 0) is 11.2 Å². The Balaban J connectivity index is 1.93. The summed E-state index contributed by atoms with van der Waals surface area (Å²) in [5.74, 6) is -0.556. The van der Waals surface area contributed by atoms with Gasteiger partial charge >= 0.3 is 5.97 Å². The van der Waals surface area contributed by atoms with Crippen molar-refractivity contribution in [1.29, 1.82) is 0 Å². The van der Waals surface area contributed by atoms with Crippen LogP contribution in [0.1, 0.15) is 15.4 Å². The third kappa shape index (κ3) is 3.45. The lowest BCUT2D eigenvalue weighted by molar-refractivity contribution is 0.0503. The van der Waals surface area contributed by atoms with Gasteiger partial charge in [-0.3, -0.25) is 0 Å². The number of nitrogens with zero attached hydrogens (tertiary/aromatic N) is 1. The molecule has 0 bridgehead atoms. The highest BCUT2D eigenvalue weighted by Gasteiger charge is 2.14. The molecule has 0 saturated carbocycles. The molecule has 6 heteroatoms. The maximum atomic E-state index is 11.7. The molecule has 0 atom stereocenters. The summed E-state index contributed by atoms with van der Waals surface area (Å²) in [4.78, 5) is 16.7. The fourth-order valence-corrected chi connectivity index (χ4v) is 2.35. The molecule has 0 aliphatic heterocycles. The summed E-state index contributed by atoms with van der Waals surface area (Å²) in [6.45, 7) is 0.296. The lowest BCUT2D eigenvalue weighted by Gasteiger charge is -2.05. The Labute approximate surface area is 118 Å². The first-order valence-corrected chi connectivity index (χ1v) is 6.82. The van der Waals surface area contributed by atoms with Crippen LogP contribution in [0.15, 0.2) is 29.6 Å². The van der Waals surface area contributed by atoms with Gasteiger partial charge in [0.15, 0.2) is 5.69 Å². The second-order valence-corrected chi connectivity index (χ2v) is 5.26. The Morgan fingerprint density at radius 3 is 2.89 bits per heavy atom. The van der Waals surface area contributed by atoms with Gasteiger partial charge in [-0.2, -0.15) is 0 Å². The number of hydrogen-bond acceptors (Lipinski definition) is 4. The fraction of sp³-hybridized carbons (Fsp3) is 0.167. The Morgan fingerprint density at radius 2 is 2.17 bits per heavy atom. The van der Waals surface area contributed by atoms with E-state index in [1.54, 1.807) is 11.3 Å². The topological polar surface area (TPSA) is 39.2 Å². The summed E-state index contributed by atoms with van der Waals surface area (Å²) in [6.07, 6.45) is 0.682. The molecule has 2 heterocycles. The molecule has 0 amide bonds. The van der Waals surface area contributed by atoms with E-state index in [9.17, 15) is 4.79 Å². The number of hydrogen-bond donors (Lipinski definition) is 0. The molecular weight excluding hydrogens is 293 g/mol. The third-order valence-corrected chi connectivity index (χ3v) is 3.62. The molecule has 0 unspecified atom stereocenters. The van der Waals surface area contributed by atoms with Crippen molar-refractivity contribution in [3.8, 4) is 0 Å². The van der Waals surface area contributed by atoms with Crippen LogP contribution in [0.25, 0.3) is 0 Å². The van der Waals surface area contributed by atoms with Crippen LogP contribution in [0.4, 0.5) is 0 Å². The lowest BCUT2D eigenvalue weighted by atomic mass is 10.3. The van der Waals surface area contributed by atoms with Crippen LogP contribution in [0, 0.1) is 0 Å². The summed E-state index contributed by atoms with van der Waals surface area (Å²) in [5.41, 5.74) is 0.0512. The summed E-state index contributed by atoms with van der Waals surface area (Å²) >= 11 is 13.2. The predicted molar refractivity (Wildman–Crippen MR) is 72.6 cm³/mol. The number of halogens is 2. The van der Waals surface area contributed by atoms with Crippen LogP contribution >= 0.6 is 34.5 Å². The zero-order chi connectivity index (χ0) is 13.0. The van der Waals surface area contributed by atoms with Crippen molar-refractivity contribution in [2.24, 2.45) is 0 Å². The largest absolute Gasteiger partial charge is 0.461 e. The van der Waals surface area contributed by atoms with Crippen LogP contribution in [0.5, 0.6) is 0 Å². The monoisotopic (exact) mass is 301 g/mol. The summed E-state index contributed by atoms with van der Waals surface area (Å²) < 4.78 is 5.10. The molecule has 2 rings (SSSR count). The van der Waals surface area contributed by atoms with Crippen molar-refractivity contribution >= 4 is 40.5 Å². The molecule has 0 saturated heterocycles. The Kier molecular flexibility index (Phi) is 4.58. The second kappa shape index (κ2) is 6.18. The predicted octanol–water partition coefficient (Wildman–Crippen LogP) is 3.85. The highest BCUT2D eigenvalue weighted by atomic mass is 35.5. The number of esters is 1. The zero-order valence-corrected chi connectivity index (χ0v) is 11.6. The van der Waals surface area contributed by atoms with E-state index in [1.165, 1.54) is 12.1 Å². The number of rotatable bonds is 4. The minimum absolute atomic E-state index is 0.0512. The minimum atomic E-state index is -0.556. The first-order chi connectivity index (χ1) is 8.66. The molecule has 0 fully saturated rings. The smallest absolute Gasteiger partial charge is 0.358 e. The van der Waals surface area contributed by atoms with E-state index in [0.717, 1.165) is 4.88 Å². The van der Waals surface area contributed by atoms with Crippen molar-refractivity contribution in [2.75, 3.05) is 6.61 Å². The van der Waals surface area contributed by atoms with Gasteiger partial charge in [0, 0.05) is 11.3 Å². The second-order valence-electron chi connectivity index (χ2n) is 3.43. The first-order valence-electron chi connectivity index (χ1n) is 5.18. The molecule has 0 N–H and O–H groups in total. The molecule has 94 valence electrons. The van der Waals surface area contributed by atoms with Gasteiger partial charge < -0.3 is 4.74 Å². The summed E-state index contributed by atoms with van der Waals surface area (Å²) in [5, 5.41) is 2.43. The average molecular weight is 302 g/mol. The number of aromatic nitrogens is 1. The molecule has 0 aliphatic carbocycles. The maximum Gasteiger partial charge on any atom is 0.358 e. The Hall–Kier alpha value is -1.10. The van der Waals surface area contributed by atoms with Crippen molar-refractivity contribution in [3.05, 3.63) is 50.4 Å². The van der Waals surface area contributed by atoms with E-state index < -0.39 is 5.97 Å². The van der Waals surface area contributed by atoms with Gasteiger partial charge in [-0.25, -0.2) is 9.78 Å². The van der Waals surface area contributed by atoms with Crippen molar-refractivity contribution in [2.45, 2.75) is 6.42 Å². The van der Waals surface area contributed by atoms with E-state index >= 15 is 0 Å². The van der Waals surface area contributed by atoms with E-state index in [0.29, 0.717) is 13.0 Å². The third-order valence-electron chi connectivity index (χ3n) is 2.17. The van der Waals surface area contributed by atoms with Crippen molar-refractivity contribution < 1.29 is 9.53 Å². The molecular formula is C12H9Cl2NO2S. The molecule has 2 aromatic rings. The highest BCUT2D eigenvalue weighted by Crippen LogP contribution is 2.18. The lowest BCUT2D eigenvalue weighted by Crippen LogP contribution is -2.10. The van der Waals surface area contributed by atoms with Gasteiger partial charge in [-0.15, -0.1) is 11.3 Å². The van der Waals surface area contributed by atoms with E-state index in [4.69, 9.17) is 27.9 Å². The Bertz CT molecular complexity index is 543. The highest BCUT2D eigenvalue weighted by molar-refractivity contribution is 7.09. The number of carbonyl (C=O) groups is 1. The van der Waals surface area contributed by atoms with Gasteiger partial charge in [0.05, 0.1) is 11.6 Å². The maximum absolute atomic E-state index is 11.7. The van der Waals surface area contributed by atoms with Gasteiger partial charge in [-0.05, 0) is 23.6 Å². The van der Waals surface area contributed by atoms with E-state index in [-0.39, 0.29) is 15.9 Å². The Morgan fingerprint density at radius 1 is 1.33 bits per heavy atom. The number of pyridine rings is 1. The fourth-order valence-electron chi connectivity index (χ4n) is 1.33. The molecule has 0 radical (unpaired) electrons. The quantitative estimate of drug-likeness (QED) is 0.636. The summed E-state index contributed by atoms with van der Waals surface area (Å²) in [6, 6.07) is 6.99. The molecule has 0 spiro atoms. The van der Waals surface area contributed by atoms with Crippen molar-refractivity contribution in [1.82, 2.24) is 4.98 Å². The van der Waals surface area contributed by atoms with Crippen molar-refractivity contribution in [3.63, 3.8) is 0 Å². The molecule has 0 aliphatic rings. The number of carbonyl (C=O) groups excluding carboxylic acids is 1. The number of ether oxygens (including phenoxy) is 1.